The number of aryl methyl sites for hydroxylation is 1. The molecule has 4 N–H and O–H groups in total. The highest BCUT2D eigenvalue weighted by molar-refractivity contribution is 6.08. The van der Waals surface area contributed by atoms with Gasteiger partial charge in [0, 0.05) is 58.1 Å². The van der Waals surface area contributed by atoms with E-state index in [-0.39, 0.29) is 72.3 Å². The fourth-order valence-electron chi connectivity index (χ4n) is 10.3. The van der Waals surface area contributed by atoms with Gasteiger partial charge < -0.3 is 34.8 Å². The number of carbonyl (C=O) groups excluding carboxylic acids is 3. The molecule has 0 radical (unpaired) electrons. The number of carbonyl (C=O) groups is 4. The summed E-state index contributed by atoms with van der Waals surface area (Å²) in [5.41, 5.74) is 1.62. The Hall–Kier alpha value is -7.22. The average molecular weight is 980 g/mol. The minimum atomic E-state index is -2.86. The Morgan fingerprint density at radius 2 is 1.85 bits per heavy atom. The van der Waals surface area contributed by atoms with E-state index in [9.17, 15) is 32.8 Å². The van der Waals surface area contributed by atoms with Gasteiger partial charge in [-0.3, -0.25) is 33.5 Å². The number of likely N-dealkylation sites (tertiary alicyclic amines) is 1. The Morgan fingerprint density at radius 1 is 1.06 bits per heavy atom. The van der Waals surface area contributed by atoms with Crippen molar-refractivity contribution in [1.29, 1.82) is 0 Å². The van der Waals surface area contributed by atoms with Crippen LogP contribution in [0.3, 0.4) is 0 Å². The maximum Gasteiger partial charge on any atom is 0.329 e. The van der Waals surface area contributed by atoms with Crippen LogP contribution in [-0.4, -0.2) is 130 Å². The van der Waals surface area contributed by atoms with Gasteiger partial charge in [-0.05, 0) is 81.6 Å². The molecule has 2 bridgehead atoms. The number of hydrogen-bond acceptors (Lipinski definition) is 13. The Bertz CT molecular complexity index is 2990. The molecule has 1 aliphatic carbocycles. The Kier molecular flexibility index (Phi) is 14.4. The largest absolute Gasteiger partial charge is 0.509 e. The lowest BCUT2D eigenvalue weighted by atomic mass is 9.85. The number of rotatable bonds is 12. The minimum absolute atomic E-state index is 0.0104. The molecule has 374 valence electrons. The predicted octanol–water partition coefficient (Wildman–Crippen LogP) is 4.69. The molecule has 5 fully saturated rings. The smallest absolute Gasteiger partial charge is 0.329 e. The van der Waals surface area contributed by atoms with Gasteiger partial charge in [0.05, 0.1) is 59.4 Å². The number of aliphatic hydroxyl groups is 1. The van der Waals surface area contributed by atoms with Crippen LogP contribution in [0.15, 0.2) is 72.1 Å². The molecule has 3 atom stereocenters. The summed E-state index contributed by atoms with van der Waals surface area (Å²) in [4.78, 5) is 70.1. The molecule has 1 unspecified atom stereocenters. The third-order valence-electron chi connectivity index (χ3n) is 13.9. The van der Waals surface area contributed by atoms with Crippen LogP contribution in [0, 0.1) is 17.8 Å². The van der Waals surface area contributed by atoms with Crippen molar-refractivity contribution in [3.63, 3.8) is 0 Å². The Balaban J connectivity index is 0.000000720. The lowest BCUT2D eigenvalue weighted by molar-refractivity contribution is -0.136. The normalized spacial score (nSPS) is 22.7. The molecule has 4 aromatic heterocycles. The van der Waals surface area contributed by atoms with Crippen LogP contribution < -0.4 is 21.2 Å². The van der Waals surface area contributed by atoms with E-state index >= 15 is 0 Å². The number of carboxylic acid groups (broad SMARTS) is 1. The molecule has 1 aromatic carbocycles. The number of anilines is 2. The maximum absolute atomic E-state index is 14.3. The van der Waals surface area contributed by atoms with Crippen LogP contribution in [0.5, 0.6) is 0 Å². The molecular formula is C49H55F2N11O9. The molecule has 1 saturated carbocycles. The van der Waals surface area contributed by atoms with Crippen molar-refractivity contribution < 1.29 is 47.6 Å². The first-order chi connectivity index (χ1) is 34.2. The van der Waals surface area contributed by atoms with Gasteiger partial charge in [-0.15, -0.1) is 0 Å². The summed E-state index contributed by atoms with van der Waals surface area (Å²) in [5, 5.41) is 29.8. The third kappa shape index (κ3) is 10.8. The zero-order valence-electron chi connectivity index (χ0n) is 39.1. The van der Waals surface area contributed by atoms with E-state index in [4.69, 9.17) is 24.7 Å². The van der Waals surface area contributed by atoms with Crippen LogP contribution in [0.2, 0.25) is 0 Å². The molecule has 22 heteroatoms. The molecule has 4 saturated heterocycles. The number of piperidine rings is 2. The van der Waals surface area contributed by atoms with Gasteiger partial charge in [0.2, 0.25) is 11.8 Å². The number of benzene rings is 1. The summed E-state index contributed by atoms with van der Waals surface area (Å²) >= 11 is 0. The Labute approximate surface area is 405 Å². The van der Waals surface area contributed by atoms with Gasteiger partial charge in [-0.2, -0.15) is 10.2 Å². The van der Waals surface area contributed by atoms with Gasteiger partial charge in [0.1, 0.15) is 29.8 Å². The lowest BCUT2D eigenvalue weighted by Crippen LogP contribution is -2.44. The number of aliphatic hydroxyl groups excluding tert-OH is 1. The summed E-state index contributed by atoms with van der Waals surface area (Å²) in [6, 6.07) is 6.73. The van der Waals surface area contributed by atoms with Gasteiger partial charge in [0.15, 0.2) is 11.3 Å². The highest BCUT2D eigenvalue weighted by Crippen LogP contribution is 2.36. The van der Waals surface area contributed by atoms with E-state index in [0.29, 0.717) is 34.8 Å². The molecule has 0 spiro atoms. The van der Waals surface area contributed by atoms with Gasteiger partial charge in [-0.1, -0.05) is 24.5 Å². The number of hydrogen-bond donors (Lipinski definition) is 4. The number of carboxylic acids is 1. The maximum atomic E-state index is 14.3. The summed E-state index contributed by atoms with van der Waals surface area (Å²) in [6.45, 7) is 7.43. The summed E-state index contributed by atoms with van der Waals surface area (Å²) in [7, 11) is 1.66. The van der Waals surface area contributed by atoms with Crippen molar-refractivity contribution >= 4 is 51.9 Å². The fourth-order valence-corrected chi connectivity index (χ4v) is 10.3. The molecule has 10 rings (SSSR count). The number of amides is 3. The van der Waals surface area contributed by atoms with Crippen molar-refractivity contribution in [2.75, 3.05) is 49.6 Å². The number of imide groups is 1. The fraction of sp³-hybridized carbons (Fsp3) is 0.469. The van der Waals surface area contributed by atoms with Gasteiger partial charge in [0.25, 0.3) is 12.3 Å². The number of nitrogens with zero attached hydrogens (tertiary/aromatic N) is 9. The number of morpholine rings is 1. The first-order valence-electron chi connectivity index (χ1n) is 23.8. The van der Waals surface area contributed by atoms with E-state index in [0.717, 1.165) is 89.1 Å². The second-order valence-electron chi connectivity index (χ2n) is 18.6. The van der Waals surface area contributed by atoms with E-state index in [1.165, 1.54) is 26.0 Å². The van der Waals surface area contributed by atoms with Crippen molar-refractivity contribution in [2.24, 2.45) is 13.0 Å². The summed E-state index contributed by atoms with van der Waals surface area (Å²) in [5.74, 6) is 4.76. The van der Waals surface area contributed by atoms with Crippen LogP contribution in [0.1, 0.15) is 97.9 Å². The van der Waals surface area contributed by atoms with Crippen molar-refractivity contribution in [1.82, 2.24) is 43.7 Å². The lowest BCUT2D eigenvalue weighted by Gasteiger charge is -2.36. The SMILES string of the molecule is C=C(O)/C=C\C(=O)O.Cn1c(=O)n(C2CCC(=O)NC2=O)c2cccc(C#CCOC3CCN(CC4CCC(n5cc(NC(=O)c6cnn7ccc(N8C[C@H]9C[C@@H]8CO9)nc67)c(C(F)F)n5)CC4)CC3)c21. The van der Waals surface area contributed by atoms with Crippen molar-refractivity contribution in [2.45, 2.75) is 94.5 Å². The number of alkyl halides is 2. The highest BCUT2D eigenvalue weighted by atomic mass is 19.3. The zero-order valence-corrected chi connectivity index (χ0v) is 39.1. The molecule has 5 aromatic rings. The van der Waals surface area contributed by atoms with Crippen molar-refractivity contribution in [3.05, 3.63) is 94.7 Å². The number of ether oxygens (including phenoxy) is 2. The summed E-state index contributed by atoms with van der Waals surface area (Å²) < 4.78 is 46.5. The zero-order chi connectivity index (χ0) is 49.9. The number of nitrogens with one attached hydrogen (secondary N) is 2. The Morgan fingerprint density at radius 3 is 2.52 bits per heavy atom. The van der Waals surface area contributed by atoms with Crippen LogP contribution in [-0.2, 0) is 30.9 Å². The molecular weight excluding hydrogens is 925 g/mol. The number of para-hydroxylation sites is 1. The molecule has 4 aliphatic heterocycles. The van der Waals surface area contributed by atoms with Crippen LogP contribution in [0.4, 0.5) is 20.3 Å². The second-order valence-corrected chi connectivity index (χ2v) is 18.6. The van der Waals surface area contributed by atoms with Crippen LogP contribution >= 0.6 is 0 Å². The van der Waals surface area contributed by atoms with Gasteiger partial charge in [-0.25, -0.2) is 27.9 Å². The van der Waals surface area contributed by atoms with Crippen molar-refractivity contribution in [3.8, 4) is 11.8 Å². The quantitative estimate of drug-likeness (QED) is 0.0437. The highest BCUT2D eigenvalue weighted by Gasteiger charge is 2.40. The van der Waals surface area contributed by atoms with Gasteiger partial charge >= 0.3 is 11.7 Å². The first kappa shape index (κ1) is 48.8. The molecule has 8 heterocycles. The second kappa shape index (κ2) is 21.0. The number of aliphatic carboxylic acids is 1. The van der Waals surface area contributed by atoms with E-state index in [1.54, 1.807) is 24.0 Å². The molecule has 71 heavy (non-hydrogen) atoms. The van der Waals surface area contributed by atoms with E-state index < -0.39 is 35.9 Å². The van der Waals surface area contributed by atoms with E-state index in [2.05, 4.69) is 49.1 Å². The molecule has 20 nitrogen and oxygen atoms in total. The molecule has 5 aliphatic rings. The number of halogens is 2. The van der Waals surface area contributed by atoms with E-state index in [1.807, 2.05) is 18.2 Å². The first-order valence-corrected chi connectivity index (χ1v) is 23.8. The topological polar surface area (TPSA) is 233 Å². The number of imidazole rings is 1. The number of allylic oxidation sites excluding steroid dienone is 1. The number of fused-ring (bicyclic) bond motifs is 4. The molecule has 3 amide bonds. The monoisotopic (exact) mass is 979 g/mol. The standard InChI is InChI=1S/C44H49F2N11O6.C5H6O3/c1-52-39-27(4-2-6-34(39)57(44(52)61)35-11-12-37(58)50-43(35)60)5-3-19-62-30-13-16-53(17-14-30)22-26-7-9-28(10-8-26)56-24-33(38(51-56)40(45)46)48-42(59)32-21-47-55-18-15-36(49-41(32)55)54-23-31-20-29(54)25-63-31;1-4(6)2-3-5(7)8/h2,4,6,15,18,21,24,26,28-31,35,40H,7-14,16-17,19-20,22-23,25H2,1H3,(H,48,59)(H,50,58,60);2-3,6H,1H2,(H,7,8)/b;3-2-/t26?,28?,29-,31-,35?;/m1./s1. The third-order valence-corrected chi connectivity index (χ3v) is 13.9. The predicted molar refractivity (Wildman–Crippen MR) is 254 cm³/mol. The van der Waals surface area contributed by atoms with Crippen LogP contribution in [0.25, 0.3) is 16.7 Å². The summed E-state index contributed by atoms with van der Waals surface area (Å²) in [6.07, 6.45) is 10.5. The number of aromatic nitrogens is 7. The minimum Gasteiger partial charge on any atom is -0.509 e. The average Bonchev–Trinajstić information content (AvgIpc) is 4.21.